The maximum Gasteiger partial charge on any atom is 0.259 e. The van der Waals surface area contributed by atoms with E-state index in [0.29, 0.717) is 30.5 Å². The summed E-state index contributed by atoms with van der Waals surface area (Å²) in [6.07, 6.45) is 3.97. The first-order valence-electron chi connectivity index (χ1n) is 8.53. The molecule has 0 aromatic heterocycles. The summed E-state index contributed by atoms with van der Waals surface area (Å²) in [6, 6.07) is 2.90. The van der Waals surface area contributed by atoms with E-state index in [-0.39, 0.29) is 5.60 Å². The number of nitriles is 1. The quantitative estimate of drug-likeness (QED) is 0.448. The van der Waals surface area contributed by atoms with Crippen LogP contribution in [0.1, 0.15) is 67.2 Å². The number of nitrogens with zero attached hydrogens (tertiary/aromatic N) is 2. The lowest BCUT2D eigenvalue weighted by molar-refractivity contribution is -0.265. The number of hydrogen-bond donors (Lipinski definition) is 0. The van der Waals surface area contributed by atoms with Gasteiger partial charge in [0, 0.05) is 12.1 Å². The van der Waals surface area contributed by atoms with Crippen molar-refractivity contribution in [2.45, 2.75) is 84.9 Å². The van der Waals surface area contributed by atoms with E-state index >= 15 is 0 Å². The molecule has 0 saturated heterocycles. The van der Waals surface area contributed by atoms with E-state index in [4.69, 9.17) is 14.3 Å². The standard InChI is InChI=1S/C17H31N2O2P/c1-13(2)16-10-17(11-16,12-16)21-22(20-9-7-8-18)19(14(3)4)15(5)6/h13-15H,7,9-12H2,1-6H3. The molecule has 3 saturated carbocycles. The van der Waals surface area contributed by atoms with Crippen LogP contribution in [-0.2, 0) is 9.05 Å². The highest BCUT2D eigenvalue weighted by Gasteiger charge is 2.70. The summed E-state index contributed by atoms with van der Waals surface area (Å²) in [5.41, 5.74) is 0.596. The Kier molecular flexibility index (Phi) is 5.55. The van der Waals surface area contributed by atoms with Gasteiger partial charge in [-0.05, 0) is 58.3 Å². The molecule has 1 atom stereocenters. The molecule has 5 heteroatoms. The van der Waals surface area contributed by atoms with Gasteiger partial charge < -0.3 is 9.05 Å². The van der Waals surface area contributed by atoms with Crippen LogP contribution in [0.5, 0.6) is 0 Å². The minimum Gasteiger partial charge on any atom is -0.321 e. The molecule has 3 aliphatic carbocycles. The van der Waals surface area contributed by atoms with Crippen molar-refractivity contribution < 1.29 is 9.05 Å². The Bertz CT molecular complexity index is 403. The summed E-state index contributed by atoms with van der Waals surface area (Å²) in [5.74, 6) is 0.745. The average Bonchev–Trinajstić information content (AvgIpc) is 2.29. The van der Waals surface area contributed by atoms with Gasteiger partial charge in [0.15, 0.2) is 0 Å². The molecule has 0 radical (unpaired) electrons. The van der Waals surface area contributed by atoms with Gasteiger partial charge in [0.2, 0.25) is 0 Å². The van der Waals surface area contributed by atoms with E-state index < -0.39 is 8.53 Å². The molecular formula is C17H31N2O2P. The molecule has 1 unspecified atom stereocenters. The van der Waals surface area contributed by atoms with Crippen LogP contribution in [0.4, 0.5) is 0 Å². The van der Waals surface area contributed by atoms with Crippen LogP contribution in [0.25, 0.3) is 0 Å². The van der Waals surface area contributed by atoms with E-state index in [1.165, 1.54) is 19.3 Å². The van der Waals surface area contributed by atoms with Gasteiger partial charge >= 0.3 is 0 Å². The minimum atomic E-state index is -1.08. The smallest absolute Gasteiger partial charge is 0.259 e. The minimum absolute atomic E-state index is 0.0602. The SMILES string of the molecule is CC(C)N(C(C)C)P(OCCC#N)OC12CC(C(C)C)(C1)C2. The predicted octanol–water partition coefficient (Wildman–Crippen LogP) is 4.86. The fourth-order valence-electron chi connectivity index (χ4n) is 3.93. The van der Waals surface area contributed by atoms with Gasteiger partial charge in [-0.15, -0.1) is 0 Å². The molecule has 4 nitrogen and oxygen atoms in total. The van der Waals surface area contributed by atoms with Crippen LogP contribution in [0.15, 0.2) is 0 Å². The lowest BCUT2D eigenvalue weighted by Crippen LogP contribution is -2.69. The first kappa shape index (κ1) is 18.1. The third kappa shape index (κ3) is 3.34. The lowest BCUT2D eigenvalue weighted by atomic mass is 9.38. The molecule has 0 aromatic carbocycles. The molecule has 3 aliphatic rings. The Morgan fingerprint density at radius 2 is 1.64 bits per heavy atom. The molecule has 0 spiro atoms. The molecule has 2 bridgehead atoms. The van der Waals surface area contributed by atoms with E-state index in [1.54, 1.807) is 0 Å². The molecule has 0 aliphatic heterocycles. The Morgan fingerprint density at radius 1 is 1.09 bits per heavy atom. The molecule has 3 fully saturated rings. The van der Waals surface area contributed by atoms with Crippen molar-refractivity contribution in [3.05, 3.63) is 0 Å². The zero-order chi connectivity index (χ0) is 16.5. The van der Waals surface area contributed by atoms with Gasteiger partial charge in [0.25, 0.3) is 8.53 Å². The molecule has 0 N–H and O–H groups in total. The van der Waals surface area contributed by atoms with Gasteiger partial charge in [0.05, 0.1) is 24.7 Å². The number of rotatable bonds is 9. The molecule has 0 heterocycles. The van der Waals surface area contributed by atoms with Crippen LogP contribution in [0, 0.1) is 22.7 Å². The van der Waals surface area contributed by atoms with Crippen LogP contribution in [0.3, 0.4) is 0 Å². The first-order valence-corrected chi connectivity index (χ1v) is 9.66. The zero-order valence-corrected chi connectivity index (χ0v) is 15.8. The van der Waals surface area contributed by atoms with E-state index in [9.17, 15) is 0 Å². The Balaban J connectivity index is 1.99. The zero-order valence-electron chi connectivity index (χ0n) is 14.9. The summed E-state index contributed by atoms with van der Waals surface area (Å²) in [4.78, 5) is 0. The van der Waals surface area contributed by atoms with E-state index in [1.807, 2.05) is 0 Å². The summed E-state index contributed by atoms with van der Waals surface area (Å²) < 4.78 is 14.8. The maximum atomic E-state index is 8.75. The van der Waals surface area contributed by atoms with Gasteiger partial charge in [0.1, 0.15) is 0 Å². The second-order valence-electron chi connectivity index (χ2n) is 7.87. The second-order valence-corrected chi connectivity index (χ2v) is 9.25. The highest BCUT2D eigenvalue weighted by molar-refractivity contribution is 7.44. The monoisotopic (exact) mass is 326 g/mol. The Labute approximate surface area is 137 Å². The van der Waals surface area contributed by atoms with Crippen molar-refractivity contribution in [3.8, 4) is 6.07 Å². The largest absolute Gasteiger partial charge is 0.321 e. The molecular weight excluding hydrogens is 295 g/mol. The molecule has 126 valence electrons. The van der Waals surface area contributed by atoms with Gasteiger partial charge in [-0.3, -0.25) is 0 Å². The first-order chi connectivity index (χ1) is 10.3. The number of hydrogen-bond acceptors (Lipinski definition) is 4. The predicted molar refractivity (Wildman–Crippen MR) is 90.2 cm³/mol. The molecule has 0 amide bonds. The van der Waals surface area contributed by atoms with E-state index in [0.717, 1.165) is 5.92 Å². The average molecular weight is 326 g/mol. The summed E-state index contributed by atoms with van der Waals surface area (Å²) >= 11 is 0. The van der Waals surface area contributed by atoms with Gasteiger partial charge in [-0.2, -0.15) is 5.26 Å². The Morgan fingerprint density at radius 3 is 2.05 bits per heavy atom. The third-order valence-corrected chi connectivity index (χ3v) is 7.43. The topological polar surface area (TPSA) is 45.5 Å². The molecule has 3 rings (SSSR count). The van der Waals surface area contributed by atoms with Crippen LogP contribution in [-0.4, -0.2) is 29.0 Å². The third-order valence-electron chi connectivity index (χ3n) is 5.18. The molecule has 0 aromatic rings. The van der Waals surface area contributed by atoms with Crippen molar-refractivity contribution in [1.82, 2.24) is 4.67 Å². The highest BCUT2D eigenvalue weighted by Crippen LogP contribution is 2.75. The summed E-state index contributed by atoms with van der Waals surface area (Å²) in [5, 5.41) is 8.75. The van der Waals surface area contributed by atoms with Crippen molar-refractivity contribution in [2.75, 3.05) is 6.61 Å². The van der Waals surface area contributed by atoms with Crippen molar-refractivity contribution in [2.24, 2.45) is 11.3 Å². The normalized spacial score (nSPS) is 31.3. The summed E-state index contributed by atoms with van der Waals surface area (Å²) in [6.45, 7) is 13.8. The Hall–Kier alpha value is -0.200. The lowest BCUT2D eigenvalue weighted by Gasteiger charge is -2.72. The van der Waals surface area contributed by atoms with Crippen molar-refractivity contribution in [3.63, 3.8) is 0 Å². The van der Waals surface area contributed by atoms with Crippen LogP contribution >= 0.6 is 8.53 Å². The maximum absolute atomic E-state index is 8.75. The fraction of sp³-hybridized carbons (Fsp3) is 0.941. The van der Waals surface area contributed by atoms with Crippen LogP contribution < -0.4 is 0 Å². The second kappa shape index (κ2) is 6.73. The summed E-state index contributed by atoms with van der Waals surface area (Å²) in [7, 11) is -1.08. The fourth-order valence-corrected chi connectivity index (χ4v) is 5.73. The van der Waals surface area contributed by atoms with Crippen LogP contribution in [0.2, 0.25) is 0 Å². The highest BCUT2D eigenvalue weighted by atomic mass is 31.2. The van der Waals surface area contributed by atoms with E-state index in [2.05, 4.69) is 52.3 Å². The molecule has 22 heavy (non-hydrogen) atoms. The van der Waals surface area contributed by atoms with Gasteiger partial charge in [-0.25, -0.2) is 4.67 Å². The van der Waals surface area contributed by atoms with Gasteiger partial charge in [-0.1, -0.05) is 13.8 Å². The van der Waals surface area contributed by atoms with Crippen molar-refractivity contribution >= 4 is 8.53 Å². The van der Waals surface area contributed by atoms with Crippen molar-refractivity contribution in [1.29, 1.82) is 5.26 Å².